The number of aromatic nitrogens is 1. The smallest absolute Gasteiger partial charge is 0.348 e. The van der Waals surface area contributed by atoms with E-state index in [9.17, 15) is 18.8 Å². The third-order valence-electron chi connectivity index (χ3n) is 4.26. The van der Waals surface area contributed by atoms with E-state index in [0.717, 1.165) is 5.56 Å². The predicted molar refractivity (Wildman–Crippen MR) is 106 cm³/mol. The first kappa shape index (κ1) is 20.0. The van der Waals surface area contributed by atoms with E-state index in [0.29, 0.717) is 23.4 Å². The van der Waals surface area contributed by atoms with Crippen molar-refractivity contribution in [3.8, 4) is 17.3 Å². The van der Waals surface area contributed by atoms with Crippen molar-refractivity contribution in [3.05, 3.63) is 89.1 Å². The van der Waals surface area contributed by atoms with Gasteiger partial charge in [-0.2, -0.15) is 5.26 Å². The molecule has 0 saturated carbocycles. The van der Waals surface area contributed by atoms with Crippen LogP contribution in [0, 0.1) is 23.0 Å². The molecule has 0 bridgehead atoms. The highest BCUT2D eigenvalue weighted by molar-refractivity contribution is 5.98. The van der Waals surface area contributed by atoms with Crippen LogP contribution in [0.3, 0.4) is 0 Å². The molecule has 2 aromatic carbocycles. The van der Waals surface area contributed by atoms with Crippen LogP contribution in [0.2, 0.25) is 0 Å². The molecule has 1 heterocycles. The maximum absolute atomic E-state index is 14.4. The van der Waals surface area contributed by atoms with Crippen LogP contribution in [-0.4, -0.2) is 17.1 Å². The molecule has 0 atom stereocenters. The third kappa shape index (κ3) is 4.77. The molecule has 0 amide bonds. The number of ether oxygens (including phenoxy) is 1. The Balaban J connectivity index is 2.06. The number of nitriles is 1. The number of halogens is 2. The number of carbonyl (C=O) groups excluding carboxylic acids is 1. The van der Waals surface area contributed by atoms with E-state index < -0.39 is 11.8 Å². The monoisotopic (exact) mass is 392 g/mol. The van der Waals surface area contributed by atoms with Crippen LogP contribution in [0.4, 0.5) is 8.78 Å². The third-order valence-corrected chi connectivity index (χ3v) is 4.26. The number of hydrogen-bond donors (Lipinski definition) is 0. The fraction of sp³-hybridized carbons (Fsp3) is 0.130. The van der Waals surface area contributed by atoms with Gasteiger partial charge < -0.3 is 9.30 Å². The highest BCUT2D eigenvalue weighted by atomic mass is 19.1. The van der Waals surface area contributed by atoms with E-state index in [1.165, 1.54) is 24.3 Å². The second kappa shape index (κ2) is 8.98. The van der Waals surface area contributed by atoms with Crippen LogP contribution in [0.25, 0.3) is 17.3 Å². The highest BCUT2D eigenvalue weighted by Gasteiger charge is 2.15. The van der Waals surface area contributed by atoms with Gasteiger partial charge in [0.15, 0.2) is 0 Å². The Morgan fingerprint density at radius 2 is 1.90 bits per heavy atom. The fourth-order valence-electron chi connectivity index (χ4n) is 2.94. The Hall–Kier alpha value is -3.72. The second-order valence-electron chi connectivity index (χ2n) is 6.28. The molecular formula is C23H18F2N2O2. The summed E-state index contributed by atoms with van der Waals surface area (Å²) in [6.07, 6.45) is 3.12. The van der Waals surface area contributed by atoms with Crippen molar-refractivity contribution in [1.29, 1.82) is 5.26 Å². The van der Waals surface area contributed by atoms with Gasteiger partial charge in [-0.05, 0) is 54.5 Å². The van der Waals surface area contributed by atoms with Crippen LogP contribution in [0.1, 0.15) is 18.1 Å². The van der Waals surface area contributed by atoms with Crippen molar-refractivity contribution in [2.24, 2.45) is 0 Å². The van der Waals surface area contributed by atoms with Crippen LogP contribution in [-0.2, 0) is 16.1 Å². The Morgan fingerprint density at radius 1 is 1.17 bits per heavy atom. The molecule has 0 aliphatic rings. The lowest BCUT2D eigenvalue weighted by Crippen LogP contribution is -2.05. The molecule has 0 saturated heterocycles. The van der Waals surface area contributed by atoms with Crippen molar-refractivity contribution >= 4 is 12.0 Å². The number of benzene rings is 2. The quantitative estimate of drug-likeness (QED) is 0.339. The molecule has 6 heteroatoms. The summed E-state index contributed by atoms with van der Waals surface area (Å²) in [6, 6.07) is 15.9. The summed E-state index contributed by atoms with van der Waals surface area (Å²) in [5, 5.41) is 9.26. The first-order valence-corrected chi connectivity index (χ1v) is 9.00. The molecular weight excluding hydrogens is 374 g/mol. The average molecular weight is 392 g/mol. The van der Waals surface area contributed by atoms with Gasteiger partial charge in [0.1, 0.15) is 23.3 Å². The van der Waals surface area contributed by atoms with Crippen LogP contribution in [0.5, 0.6) is 0 Å². The molecule has 3 aromatic rings. The van der Waals surface area contributed by atoms with Gasteiger partial charge in [-0.3, -0.25) is 0 Å². The lowest BCUT2D eigenvalue weighted by molar-refractivity contribution is -0.137. The van der Waals surface area contributed by atoms with E-state index in [1.54, 1.807) is 54.1 Å². The van der Waals surface area contributed by atoms with Crippen molar-refractivity contribution in [1.82, 2.24) is 4.57 Å². The van der Waals surface area contributed by atoms with Crippen molar-refractivity contribution in [2.45, 2.75) is 13.5 Å². The van der Waals surface area contributed by atoms with E-state index in [2.05, 4.69) is 0 Å². The van der Waals surface area contributed by atoms with E-state index >= 15 is 0 Å². The Labute approximate surface area is 167 Å². The maximum atomic E-state index is 14.4. The molecule has 4 nitrogen and oxygen atoms in total. The van der Waals surface area contributed by atoms with Gasteiger partial charge in [0.2, 0.25) is 0 Å². The number of esters is 1. The van der Waals surface area contributed by atoms with E-state index in [1.807, 2.05) is 6.07 Å². The van der Waals surface area contributed by atoms with Crippen LogP contribution in [0.15, 0.2) is 66.4 Å². The molecule has 146 valence electrons. The molecule has 0 aliphatic carbocycles. The standard InChI is InChI=1S/C23H18F2N2O2/c1-2-29-23(28)18(13-26)11-17-12-22(20-5-3-4-6-21(20)25)27(15-17)14-16-7-9-19(24)10-8-16/h3-12,15H,2,14H2,1H3/b18-11+. The molecule has 0 N–H and O–H groups in total. The predicted octanol–water partition coefficient (Wildman–Crippen LogP) is 4.95. The summed E-state index contributed by atoms with van der Waals surface area (Å²) in [5.74, 6) is -1.45. The summed E-state index contributed by atoms with van der Waals surface area (Å²) >= 11 is 0. The lowest BCUT2D eigenvalue weighted by Gasteiger charge is -2.10. The minimum Gasteiger partial charge on any atom is -0.462 e. The Bertz CT molecular complexity index is 1090. The molecule has 0 radical (unpaired) electrons. The van der Waals surface area contributed by atoms with Gasteiger partial charge >= 0.3 is 5.97 Å². The molecule has 29 heavy (non-hydrogen) atoms. The molecule has 0 unspecified atom stereocenters. The first-order valence-electron chi connectivity index (χ1n) is 9.00. The lowest BCUT2D eigenvalue weighted by atomic mass is 10.1. The Kier molecular flexibility index (Phi) is 6.20. The fourth-order valence-corrected chi connectivity index (χ4v) is 2.94. The van der Waals surface area contributed by atoms with Gasteiger partial charge in [-0.25, -0.2) is 13.6 Å². The number of carbonyl (C=O) groups is 1. The summed E-state index contributed by atoms with van der Waals surface area (Å²) < 4.78 is 34.3. The van der Waals surface area contributed by atoms with E-state index in [4.69, 9.17) is 4.74 Å². The van der Waals surface area contributed by atoms with Crippen molar-refractivity contribution < 1.29 is 18.3 Å². The second-order valence-corrected chi connectivity index (χ2v) is 6.28. The maximum Gasteiger partial charge on any atom is 0.348 e. The van der Waals surface area contributed by atoms with Gasteiger partial charge in [0, 0.05) is 18.3 Å². The van der Waals surface area contributed by atoms with E-state index in [-0.39, 0.29) is 18.0 Å². The van der Waals surface area contributed by atoms with Crippen LogP contribution >= 0.6 is 0 Å². The largest absolute Gasteiger partial charge is 0.462 e. The van der Waals surface area contributed by atoms with Gasteiger partial charge in [0.05, 0.1) is 12.3 Å². The minimum atomic E-state index is -0.714. The highest BCUT2D eigenvalue weighted by Crippen LogP contribution is 2.27. The zero-order chi connectivity index (χ0) is 20.8. The van der Waals surface area contributed by atoms with Crippen molar-refractivity contribution in [3.63, 3.8) is 0 Å². The summed E-state index contributed by atoms with van der Waals surface area (Å²) in [5.41, 5.74) is 2.17. The summed E-state index contributed by atoms with van der Waals surface area (Å²) in [7, 11) is 0. The van der Waals surface area contributed by atoms with Crippen molar-refractivity contribution in [2.75, 3.05) is 6.61 Å². The number of hydrogen-bond acceptors (Lipinski definition) is 3. The number of nitrogens with zero attached hydrogens (tertiary/aromatic N) is 2. The SMILES string of the molecule is CCOC(=O)/C(C#N)=C/c1cc(-c2ccccc2F)n(Cc2ccc(F)cc2)c1. The van der Waals surface area contributed by atoms with Gasteiger partial charge in [-0.1, -0.05) is 24.3 Å². The molecule has 0 spiro atoms. The summed E-state index contributed by atoms with van der Waals surface area (Å²) in [6.45, 7) is 2.17. The minimum absolute atomic E-state index is 0.147. The molecule has 1 aromatic heterocycles. The Morgan fingerprint density at radius 3 is 2.55 bits per heavy atom. The molecule has 3 rings (SSSR count). The summed E-state index contributed by atoms with van der Waals surface area (Å²) in [4.78, 5) is 11.9. The average Bonchev–Trinajstić information content (AvgIpc) is 3.10. The van der Waals surface area contributed by atoms with Crippen LogP contribution < -0.4 is 0 Å². The van der Waals surface area contributed by atoms with Gasteiger partial charge in [-0.15, -0.1) is 0 Å². The first-order chi connectivity index (χ1) is 14.0. The number of rotatable bonds is 6. The zero-order valence-corrected chi connectivity index (χ0v) is 15.7. The van der Waals surface area contributed by atoms with Gasteiger partial charge in [0.25, 0.3) is 0 Å². The molecule has 0 fully saturated rings. The zero-order valence-electron chi connectivity index (χ0n) is 15.7. The normalized spacial score (nSPS) is 11.2. The molecule has 0 aliphatic heterocycles. The topological polar surface area (TPSA) is 55.0 Å².